The van der Waals surface area contributed by atoms with Crippen molar-refractivity contribution in [3.05, 3.63) is 93.6 Å². The first-order valence-corrected chi connectivity index (χ1v) is 12.1. The first kappa shape index (κ1) is 24.1. The Morgan fingerprint density at radius 2 is 1.97 bits per heavy atom. The summed E-state index contributed by atoms with van der Waals surface area (Å²) in [4.78, 5) is 32.6. The Balaban J connectivity index is 1.51. The summed E-state index contributed by atoms with van der Waals surface area (Å²) in [6.45, 7) is 0.689. The van der Waals surface area contributed by atoms with Crippen LogP contribution in [0.15, 0.2) is 81.3 Å². The summed E-state index contributed by atoms with van der Waals surface area (Å²) in [5.41, 5.74) is 1.41. The van der Waals surface area contributed by atoms with Crippen LogP contribution < -0.4 is 10.9 Å². The second-order valence-corrected chi connectivity index (χ2v) is 9.39. The van der Waals surface area contributed by atoms with E-state index in [1.165, 1.54) is 16.3 Å². The lowest BCUT2D eigenvalue weighted by Gasteiger charge is -2.25. The molecule has 0 bridgehead atoms. The number of hydrogen-bond donors (Lipinski definition) is 1. The molecule has 0 aliphatic heterocycles. The fourth-order valence-corrected chi connectivity index (χ4v) is 4.64. The lowest BCUT2D eigenvalue weighted by Crippen LogP contribution is -2.35. The fourth-order valence-electron chi connectivity index (χ4n) is 3.65. The molecule has 34 heavy (non-hydrogen) atoms. The number of thioether (sulfide) groups is 1. The van der Waals surface area contributed by atoms with Crippen LogP contribution in [0.25, 0.3) is 10.9 Å². The van der Waals surface area contributed by atoms with E-state index in [0.29, 0.717) is 33.4 Å². The molecule has 0 aliphatic carbocycles. The van der Waals surface area contributed by atoms with Crippen LogP contribution in [0.1, 0.15) is 17.4 Å². The molecule has 0 fully saturated rings. The van der Waals surface area contributed by atoms with Crippen molar-refractivity contribution in [2.75, 3.05) is 26.4 Å². The van der Waals surface area contributed by atoms with Gasteiger partial charge in [0.05, 0.1) is 35.5 Å². The van der Waals surface area contributed by atoms with Crippen LogP contribution in [0.3, 0.4) is 0 Å². The number of carbonyl (C=O) groups is 1. The van der Waals surface area contributed by atoms with Gasteiger partial charge in [-0.05, 0) is 50.0 Å². The Labute approximate surface area is 206 Å². The number of rotatable bonds is 9. The predicted molar refractivity (Wildman–Crippen MR) is 135 cm³/mol. The number of fused-ring (bicyclic) bond motifs is 1. The molecule has 4 aromatic rings. The van der Waals surface area contributed by atoms with E-state index in [9.17, 15) is 9.59 Å². The second kappa shape index (κ2) is 10.9. The quantitative estimate of drug-likeness (QED) is 0.276. The molecular formula is C25H25ClN4O3S. The molecule has 2 aromatic heterocycles. The van der Waals surface area contributed by atoms with Gasteiger partial charge in [-0.2, -0.15) is 0 Å². The molecule has 0 saturated heterocycles. The Bertz CT molecular complexity index is 1320. The summed E-state index contributed by atoms with van der Waals surface area (Å²) in [6.07, 6.45) is 1.56. The van der Waals surface area contributed by atoms with Crippen LogP contribution in [0.4, 0.5) is 0 Å². The normalized spacial score (nSPS) is 12.2. The largest absolute Gasteiger partial charge is 0.467 e. The monoisotopic (exact) mass is 496 g/mol. The Morgan fingerprint density at radius 1 is 1.18 bits per heavy atom. The van der Waals surface area contributed by atoms with E-state index in [4.69, 9.17) is 16.0 Å². The number of halogens is 1. The number of carbonyl (C=O) groups excluding carboxylic acids is 1. The lowest BCUT2D eigenvalue weighted by molar-refractivity contribution is -0.118. The van der Waals surface area contributed by atoms with Crippen LogP contribution in [0.5, 0.6) is 0 Å². The lowest BCUT2D eigenvalue weighted by atomic mass is 10.1. The molecule has 2 aromatic carbocycles. The van der Waals surface area contributed by atoms with Gasteiger partial charge in [-0.15, -0.1) is 0 Å². The third-order valence-corrected chi connectivity index (χ3v) is 6.62. The van der Waals surface area contributed by atoms with E-state index in [2.05, 4.69) is 15.2 Å². The van der Waals surface area contributed by atoms with Crippen LogP contribution in [-0.4, -0.2) is 46.8 Å². The summed E-state index contributed by atoms with van der Waals surface area (Å²) in [6, 6.07) is 18.6. The van der Waals surface area contributed by atoms with Crippen molar-refractivity contribution < 1.29 is 9.21 Å². The average molecular weight is 497 g/mol. The standard InChI is InChI=1S/C25H25ClN4O3S/c1-29(2)22(17-7-4-3-5-8-17)14-27-23(31)16-34-25-28-21-13-18(26)10-11-20(21)24(32)30(25)15-19-9-6-12-33-19/h3-13,22H,14-16H2,1-2H3,(H,27,31)/t22-/m1/s1. The molecule has 2 heterocycles. The van der Waals surface area contributed by atoms with Crippen LogP contribution >= 0.6 is 23.4 Å². The maximum Gasteiger partial charge on any atom is 0.262 e. The number of benzene rings is 2. The van der Waals surface area contributed by atoms with Crippen molar-refractivity contribution in [3.63, 3.8) is 0 Å². The molecule has 0 saturated carbocycles. The van der Waals surface area contributed by atoms with Crippen LogP contribution in [0.2, 0.25) is 5.02 Å². The highest BCUT2D eigenvalue weighted by atomic mass is 35.5. The summed E-state index contributed by atoms with van der Waals surface area (Å²) in [7, 11) is 3.96. The second-order valence-electron chi connectivity index (χ2n) is 8.01. The van der Waals surface area contributed by atoms with Crippen molar-refractivity contribution >= 4 is 40.2 Å². The summed E-state index contributed by atoms with van der Waals surface area (Å²) in [5, 5.41) is 4.38. The first-order valence-electron chi connectivity index (χ1n) is 10.8. The minimum Gasteiger partial charge on any atom is -0.467 e. The van der Waals surface area contributed by atoms with Crippen LogP contribution in [0, 0.1) is 0 Å². The van der Waals surface area contributed by atoms with Gasteiger partial charge in [0.1, 0.15) is 5.76 Å². The zero-order valence-electron chi connectivity index (χ0n) is 18.9. The van der Waals surface area contributed by atoms with Gasteiger partial charge in [-0.25, -0.2) is 4.98 Å². The van der Waals surface area contributed by atoms with Gasteiger partial charge in [0.2, 0.25) is 5.91 Å². The molecule has 7 nitrogen and oxygen atoms in total. The number of likely N-dealkylation sites (N-methyl/N-ethyl adjacent to an activating group) is 1. The molecule has 1 N–H and O–H groups in total. The number of furan rings is 1. The van der Waals surface area contributed by atoms with E-state index in [-0.39, 0.29) is 29.8 Å². The minimum atomic E-state index is -0.210. The summed E-state index contributed by atoms with van der Waals surface area (Å²) < 4.78 is 6.96. The molecule has 1 atom stereocenters. The van der Waals surface area contributed by atoms with E-state index in [1.807, 2.05) is 44.4 Å². The zero-order valence-corrected chi connectivity index (χ0v) is 20.5. The van der Waals surface area contributed by atoms with Crippen molar-refractivity contribution in [1.82, 2.24) is 19.8 Å². The van der Waals surface area contributed by atoms with E-state index in [1.54, 1.807) is 36.6 Å². The Morgan fingerprint density at radius 3 is 2.68 bits per heavy atom. The fraction of sp³-hybridized carbons (Fsp3) is 0.240. The molecule has 0 radical (unpaired) electrons. The van der Waals surface area contributed by atoms with Crippen LogP contribution in [-0.2, 0) is 11.3 Å². The highest BCUT2D eigenvalue weighted by Gasteiger charge is 2.17. The van der Waals surface area contributed by atoms with Gasteiger partial charge in [-0.1, -0.05) is 53.7 Å². The molecule has 4 rings (SSSR count). The number of amides is 1. The topological polar surface area (TPSA) is 80.4 Å². The van der Waals surface area contributed by atoms with Gasteiger partial charge in [0.15, 0.2) is 5.16 Å². The third-order valence-electron chi connectivity index (χ3n) is 5.41. The third kappa shape index (κ3) is 5.70. The van der Waals surface area contributed by atoms with Gasteiger partial charge in [0, 0.05) is 11.6 Å². The van der Waals surface area contributed by atoms with Gasteiger partial charge in [0.25, 0.3) is 5.56 Å². The number of hydrogen-bond acceptors (Lipinski definition) is 6. The maximum atomic E-state index is 13.2. The highest BCUT2D eigenvalue weighted by molar-refractivity contribution is 7.99. The number of nitrogens with zero attached hydrogens (tertiary/aromatic N) is 3. The van der Waals surface area contributed by atoms with Gasteiger partial charge >= 0.3 is 0 Å². The van der Waals surface area contributed by atoms with Gasteiger partial charge < -0.3 is 14.6 Å². The van der Waals surface area contributed by atoms with E-state index < -0.39 is 0 Å². The smallest absolute Gasteiger partial charge is 0.262 e. The molecular weight excluding hydrogens is 472 g/mol. The predicted octanol–water partition coefficient (Wildman–Crippen LogP) is 4.20. The Kier molecular flexibility index (Phi) is 7.72. The van der Waals surface area contributed by atoms with Gasteiger partial charge in [-0.3, -0.25) is 14.2 Å². The van der Waals surface area contributed by atoms with Crippen molar-refractivity contribution in [3.8, 4) is 0 Å². The van der Waals surface area contributed by atoms with E-state index >= 15 is 0 Å². The molecule has 9 heteroatoms. The molecule has 1 amide bonds. The Hall–Kier alpha value is -3.07. The molecule has 0 unspecified atom stereocenters. The minimum absolute atomic E-state index is 0.0493. The number of nitrogens with one attached hydrogen (secondary N) is 1. The maximum absolute atomic E-state index is 13.2. The van der Waals surface area contributed by atoms with Crippen molar-refractivity contribution in [2.24, 2.45) is 0 Å². The summed E-state index contributed by atoms with van der Waals surface area (Å²) >= 11 is 7.32. The molecule has 0 spiro atoms. The first-order chi connectivity index (χ1) is 16.4. The highest BCUT2D eigenvalue weighted by Crippen LogP contribution is 2.22. The molecule has 176 valence electrons. The summed E-state index contributed by atoms with van der Waals surface area (Å²) in [5.74, 6) is 0.601. The van der Waals surface area contributed by atoms with E-state index in [0.717, 1.165) is 5.56 Å². The number of aromatic nitrogens is 2. The van der Waals surface area contributed by atoms with Crippen molar-refractivity contribution in [2.45, 2.75) is 17.7 Å². The molecule has 0 aliphatic rings. The average Bonchev–Trinajstić information content (AvgIpc) is 3.33. The van der Waals surface area contributed by atoms with Crippen molar-refractivity contribution in [1.29, 1.82) is 0 Å². The SMILES string of the molecule is CN(C)[C@H](CNC(=O)CSc1nc2cc(Cl)ccc2c(=O)n1Cc1ccco1)c1ccccc1. The zero-order chi connectivity index (χ0) is 24.1.